The van der Waals surface area contributed by atoms with Gasteiger partial charge >= 0.3 is 0 Å². The largest absolute Gasteiger partial charge is 0.367 e. The molecule has 146 valence electrons. The van der Waals surface area contributed by atoms with Crippen LogP contribution >= 0.6 is 0 Å². The van der Waals surface area contributed by atoms with Crippen LogP contribution in [0.3, 0.4) is 0 Å². The molecule has 29 heavy (non-hydrogen) atoms. The van der Waals surface area contributed by atoms with Gasteiger partial charge in [0, 0.05) is 23.5 Å². The van der Waals surface area contributed by atoms with E-state index in [1.165, 1.54) is 48.8 Å². The van der Waals surface area contributed by atoms with E-state index >= 15 is 0 Å². The van der Waals surface area contributed by atoms with Gasteiger partial charge in [-0.25, -0.2) is 9.97 Å². The number of nitrogens with zero attached hydrogens (tertiary/aromatic N) is 3. The van der Waals surface area contributed by atoms with E-state index in [1.807, 2.05) is 0 Å². The number of para-hydroxylation sites is 1. The second kappa shape index (κ2) is 7.70. The van der Waals surface area contributed by atoms with E-state index in [1.54, 1.807) is 6.33 Å². The number of hydrogen-bond acceptors (Lipinski definition) is 3. The Bertz CT molecular complexity index is 1120. The molecular formula is C25H26N4. The molecule has 0 spiro atoms. The van der Waals surface area contributed by atoms with Crippen molar-refractivity contribution in [3.63, 3.8) is 0 Å². The monoisotopic (exact) mass is 382 g/mol. The van der Waals surface area contributed by atoms with Crippen molar-refractivity contribution in [1.82, 2.24) is 14.5 Å². The highest BCUT2D eigenvalue weighted by Crippen LogP contribution is 2.36. The lowest BCUT2D eigenvalue weighted by atomic mass is 9.95. The molecule has 4 nitrogen and oxygen atoms in total. The van der Waals surface area contributed by atoms with Crippen LogP contribution in [-0.2, 0) is 0 Å². The minimum atomic E-state index is 0.493. The summed E-state index contributed by atoms with van der Waals surface area (Å²) in [5.74, 6) is 0.952. The van der Waals surface area contributed by atoms with Gasteiger partial charge in [0.05, 0.1) is 5.39 Å². The summed E-state index contributed by atoms with van der Waals surface area (Å²) >= 11 is 0. The van der Waals surface area contributed by atoms with Gasteiger partial charge in [-0.1, -0.05) is 67.8 Å². The fourth-order valence-electron chi connectivity index (χ4n) is 4.47. The number of rotatable bonds is 4. The fourth-order valence-corrected chi connectivity index (χ4v) is 4.47. The molecule has 0 amide bonds. The van der Waals surface area contributed by atoms with Crippen LogP contribution in [0.25, 0.3) is 27.8 Å². The van der Waals surface area contributed by atoms with Crippen LogP contribution in [0.4, 0.5) is 5.82 Å². The molecule has 1 saturated carbocycles. The first-order valence-corrected chi connectivity index (χ1v) is 10.6. The van der Waals surface area contributed by atoms with Crippen molar-refractivity contribution in [2.24, 2.45) is 0 Å². The van der Waals surface area contributed by atoms with Gasteiger partial charge in [-0.3, -0.25) is 0 Å². The van der Waals surface area contributed by atoms with Crippen LogP contribution in [0, 0.1) is 6.92 Å². The summed E-state index contributed by atoms with van der Waals surface area (Å²) in [4.78, 5) is 9.39. The van der Waals surface area contributed by atoms with E-state index < -0.39 is 0 Å². The first-order valence-electron chi connectivity index (χ1n) is 10.6. The number of aryl methyl sites for hydroxylation is 1. The summed E-state index contributed by atoms with van der Waals surface area (Å²) in [5, 5.41) is 4.85. The molecule has 1 N–H and O–H groups in total. The molecule has 1 fully saturated rings. The van der Waals surface area contributed by atoms with Crippen molar-refractivity contribution in [3.05, 3.63) is 72.7 Å². The Morgan fingerprint density at radius 3 is 2.45 bits per heavy atom. The average molecular weight is 383 g/mol. The number of hydrogen-bond donors (Lipinski definition) is 1. The first-order chi connectivity index (χ1) is 14.3. The van der Waals surface area contributed by atoms with E-state index in [4.69, 9.17) is 4.98 Å². The van der Waals surface area contributed by atoms with Gasteiger partial charge in [-0.05, 0) is 37.0 Å². The van der Waals surface area contributed by atoms with Crippen molar-refractivity contribution in [1.29, 1.82) is 0 Å². The van der Waals surface area contributed by atoms with Crippen LogP contribution in [0.5, 0.6) is 0 Å². The van der Waals surface area contributed by atoms with Gasteiger partial charge in [0.25, 0.3) is 0 Å². The molecule has 5 rings (SSSR count). The molecule has 0 radical (unpaired) electrons. The third kappa shape index (κ3) is 3.39. The highest BCUT2D eigenvalue weighted by atomic mass is 15.1. The number of aromatic nitrogens is 3. The molecule has 0 atom stereocenters. The Morgan fingerprint density at radius 1 is 0.897 bits per heavy atom. The van der Waals surface area contributed by atoms with Crippen LogP contribution < -0.4 is 5.32 Å². The first kappa shape index (κ1) is 17.9. The maximum atomic E-state index is 4.71. The van der Waals surface area contributed by atoms with Gasteiger partial charge in [-0.2, -0.15) is 0 Å². The molecule has 0 bridgehead atoms. The van der Waals surface area contributed by atoms with Gasteiger partial charge in [0.15, 0.2) is 5.65 Å². The predicted octanol–water partition coefficient (Wildman–Crippen LogP) is 6.14. The number of fused-ring (bicyclic) bond motifs is 1. The van der Waals surface area contributed by atoms with Gasteiger partial charge < -0.3 is 9.88 Å². The van der Waals surface area contributed by atoms with Gasteiger partial charge in [0.2, 0.25) is 0 Å². The normalized spacial score (nSPS) is 14.9. The average Bonchev–Trinajstić information content (AvgIpc) is 3.16. The molecule has 2 aromatic carbocycles. The van der Waals surface area contributed by atoms with E-state index in [0.717, 1.165) is 22.5 Å². The Kier molecular flexibility index (Phi) is 4.76. The van der Waals surface area contributed by atoms with E-state index in [2.05, 4.69) is 82.6 Å². The summed E-state index contributed by atoms with van der Waals surface area (Å²) in [5.41, 5.74) is 5.69. The molecular weight excluding hydrogens is 356 g/mol. The summed E-state index contributed by atoms with van der Waals surface area (Å²) in [7, 11) is 0. The zero-order chi connectivity index (χ0) is 19.6. The van der Waals surface area contributed by atoms with Crippen molar-refractivity contribution < 1.29 is 0 Å². The summed E-state index contributed by atoms with van der Waals surface area (Å²) in [6.07, 6.45) is 10.3. The maximum absolute atomic E-state index is 4.71. The second-order valence-electron chi connectivity index (χ2n) is 7.97. The fraction of sp³-hybridized carbons (Fsp3) is 0.280. The SMILES string of the molecule is Cc1ccccc1-n1cc(-c2ccccc2)c2c(NC3CCCCC3)ncnc21. The lowest BCUT2D eigenvalue weighted by molar-refractivity contribution is 0.462. The molecule has 1 aliphatic carbocycles. The van der Waals surface area contributed by atoms with E-state index in [-0.39, 0.29) is 0 Å². The molecule has 4 heteroatoms. The zero-order valence-electron chi connectivity index (χ0n) is 16.8. The predicted molar refractivity (Wildman–Crippen MR) is 120 cm³/mol. The van der Waals surface area contributed by atoms with Gasteiger partial charge in [-0.15, -0.1) is 0 Å². The minimum Gasteiger partial charge on any atom is -0.367 e. The molecule has 0 unspecified atom stereocenters. The lowest BCUT2D eigenvalue weighted by Crippen LogP contribution is -2.23. The molecule has 0 aliphatic heterocycles. The molecule has 2 aromatic heterocycles. The molecule has 2 heterocycles. The minimum absolute atomic E-state index is 0.493. The third-order valence-corrected chi connectivity index (χ3v) is 5.99. The Morgan fingerprint density at radius 2 is 1.66 bits per heavy atom. The Balaban J connectivity index is 1.72. The zero-order valence-corrected chi connectivity index (χ0v) is 16.8. The van der Waals surface area contributed by atoms with Crippen molar-refractivity contribution in [2.45, 2.75) is 45.1 Å². The molecule has 1 aliphatic rings. The standard InChI is InChI=1S/C25H26N4/c1-18-10-8-9-15-22(18)29-16-21(19-11-4-2-5-12-19)23-24(26-17-27-25(23)29)28-20-13-6-3-7-14-20/h2,4-5,8-12,15-17,20H,3,6-7,13-14H2,1H3,(H,26,27,28). The summed E-state index contributed by atoms with van der Waals surface area (Å²) in [6.45, 7) is 2.14. The highest BCUT2D eigenvalue weighted by molar-refractivity contribution is 6.02. The van der Waals surface area contributed by atoms with Crippen molar-refractivity contribution >= 4 is 16.9 Å². The van der Waals surface area contributed by atoms with E-state index in [0.29, 0.717) is 6.04 Å². The van der Waals surface area contributed by atoms with Crippen molar-refractivity contribution in [3.8, 4) is 16.8 Å². The van der Waals surface area contributed by atoms with Gasteiger partial charge in [0.1, 0.15) is 12.1 Å². The highest BCUT2D eigenvalue weighted by Gasteiger charge is 2.20. The number of benzene rings is 2. The topological polar surface area (TPSA) is 42.7 Å². The second-order valence-corrected chi connectivity index (χ2v) is 7.97. The molecule has 0 saturated heterocycles. The van der Waals surface area contributed by atoms with Crippen LogP contribution in [0.2, 0.25) is 0 Å². The van der Waals surface area contributed by atoms with Crippen LogP contribution in [0.15, 0.2) is 67.1 Å². The lowest BCUT2D eigenvalue weighted by Gasteiger charge is -2.23. The molecule has 4 aromatic rings. The van der Waals surface area contributed by atoms with E-state index in [9.17, 15) is 0 Å². The number of nitrogens with one attached hydrogen (secondary N) is 1. The third-order valence-electron chi connectivity index (χ3n) is 5.99. The number of anilines is 1. The summed E-state index contributed by atoms with van der Waals surface area (Å²) < 4.78 is 2.21. The Hall–Kier alpha value is -3.14. The quantitative estimate of drug-likeness (QED) is 0.461. The Labute approximate surface area is 171 Å². The van der Waals surface area contributed by atoms with Crippen LogP contribution in [0.1, 0.15) is 37.7 Å². The maximum Gasteiger partial charge on any atom is 0.150 e. The smallest absolute Gasteiger partial charge is 0.150 e. The van der Waals surface area contributed by atoms with Crippen LogP contribution in [-0.4, -0.2) is 20.6 Å². The van der Waals surface area contributed by atoms with Crippen molar-refractivity contribution in [2.75, 3.05) is 5.32 Å². The summed E-state index contributed by atoms with van der Waals surface area (Å²) in [6, 6.07) is 19.5.